The van der Waals surface area contributed by atoms with Crippen molar-refractivity contribution in [1.82, 2.24) is 0 Å². The topological polar surface area (TPSA) is 46.5 Å². The van der Waals surface area contributed by atoms with Crippen molar-refractivity contribution in [3.63, 3.8) is 0 Å². The lowest BCUT2D eigenvalue weighted by Crippen LogP contribution is -1.88. The van der Waals surface area contributed by atoms with Gasteiger partial charge in [-0.15, -0.1) is 0 Å². The molecule has 3 nitrogen and oxygen atoms in total. The maximum absolute atomic E-state index is 10.8. The van der Waals surface area contributed by atoms with E-state index in [1.165, 1.54) is 31.7 Å². The predicted octanol–water partition coefficient (Wildman–Crippen LogP) is 0.817. The highest BCUT2D eigenvalue weighted by Gasteiger charge is 1.84. The Hall–Kier alpha value is -0.640. The lowest BCUT2D eigenvalue weighted by atomic mass is 10.4. The van der Waals surface area contributed by atoms with Crippen molar-refractivity contribution < 1.29 is 9.00 Å². The summed E-state index contributed by atoms with van der Waals surface area (Å²) in [6.07, 6.45) is 5.59. The van der Waals surface area contributed by atoms with Crippen LogP contribution >= 0.6 is 0 Å². The van der Waals surface area contributed by atoms with E-state index < -0.39 is 9.73 Å². The van der Waals surface area contributed by atoms with E-state index in [2.05, 4.69) is 4.36 Å². The molecule has 0 fully saturated rings. The van der Waals surface area contributed by atoms with E-state index in [9.17, 15) is 9.00 Å². The number of nitrogens with zero attached hydrogens (tertiary/aromatic N) is 1. The van der Waals surface area contributed by atoms with Gasteiger partial charge in [-0.3, -0.25) is 4.79 Å². The van der Waals surface area contributed by atoms with Crippen LogP contribution in [0.1, 0.15) is 6.92 Å². The van der Waals surface area contributed by atoms with E-state index in [-0.39, 0.29) is 5.78 Å². The Morgan fingerprint density at radius 2 is 2.00 bits per heavy atom. The van der Waals surface area contributed by atoms with Crippen molar-refractivity contribution in [1.29, 1.82) is 0 Å². The molecule has 0 bridgehead atoms. The Morgan fingerprint density at radius 1 is 1.50 bits per heavy atom. The van der Waals surface area contributed by atoms with Crippen molar-refractivity contribution in [3.05, 3.63) is 12.3 Å². The third-order valence-electron chi connectivity index (χ3n) is 0.624. The van der Waals surface area contributed by atoms with Crippen LogP contribution in [0.4, 0.5) is 0 Å². The fourth-order valence-electron chi connectivity index (χ4n) is 0.282. The summed E-state index contributed by atoms with van der Waals surface area (Å²) in [5.41, 5.74) is 0. The Morgan fingerprint density at radius 3 is 2.30 bits per heavy atom. The van der Waals surface area contributed by atoms with Gasteiger partial charge in [-0.25, -0.2) is 8.57 Å². The van der Waals surface area contributed by atoms with E-state index in [1.54, 1.807) is 0 Å². The third-order valence-corrected chi connectivity index (χ3v) is 1.25. The normalized spacial score (nSPS) is 11.9. The molecule has 0 amide bonds. The number of ketones is 1. The first-order chi connectivity index (χ1) is 4.42. The third kappa shape index (κ3) is 7.36. The van der Waals surface area contributed by atoms with Crippen LogP contribution < -0.4 is 0 Å². The minimum Gasteiger partial charge on any atom is -0.295 e. The zero-order valence-corrected chi connectivity index (χ0v) is 7.14. The Labute approximate surface area is 61.3 Å². The Balaban J connectivity index is 4.24. The molecule has 0 rings (SSSR count). The fraction of sp³-hybridized carbons (Fsp3) is 0.500. The Kier molecular flexibility index (Phi) is 3.28. The molecule has 4 heteroatoms. The summed E-state index contributed by atoms with van der Waals surface area (Å²) in [7, 11) is -2.08. The molecule has 0 aromatic rings. The molecule has 0 heterocycles. The van der Waals surface area contributed by atoms with Crippen LogP contribution in [0.25, 0.3) is 0 Å². The number of allylic oxidation sites excluding steroid dienone is 1. The van der Waals surface area contributed by atoms with Gasteiger partial charge in [0.1, 0.15) is 0 Å². The first kappa shape index (κ1) is 9.36. The van der Waals surface area contributed by atoms with E-state index in [4.69, 9.17) is 0 Å². The highest BCUT2D eigenvalue weighted by atomic mass is 32.2. The number of hydrogen-bond donors (Lipinski definition) is 0. The molecule has 0 unspecified atom stereocenters. The zero-order chi connectivity index (χ0) is 8.20. The van der Waals surface area contributed by atoms with Crippen LogP contribution in [-0.2, 0) is 14.5 Å². The predicted molar refractivity (Wildman–Crippen MR) is 42.2 cm³/mol. The molecule has 10 heavy (non-hydrogen) atoms. The summed E-state index contributed by atoms with van der Waals surface area (Å²) in [4.78, 5) is 10.3. The summed E-state index contributed by atoms with van der Waals surface area (Å²) < 4.78 is 14.5. The molecular weight excluding hydrogens is 150 g/mol. The lowest BCUT2D eigenvalue weighted by Gasteiger charge is -1.86. The summed E-state index contributed by atoms with van der Waals surface area (Å²) in [5.74, 6) is -0.0904. The minimum absolute atomic E-state index is 0.0904. The largest absolute Gasteiger partial charge is 0.295 e. The quantitative estimate of drug-likeness (QED) is 0.563. The summed E-state index contributed by atoms with van der Waals surface area (Å²) in [5, 5.41) is 0. The van der Waals surface area contributed by atoms with Gasteiger partial charge < -0.3 is 0 Å². The van der Waals surface area contributed by atoms with Crippen molar-refractivity contribution in [2.24, 2.45) is 4.36 Å². The van der Waals surface area contributed by atoms with Crippen LogP contribution in [0, 0.1) is 0 Å². The molecule has 0 atom stereocenters. The second-order valence-corrected chi connectivity index (χ2v) is 4.79. The highest BCUT2D eigenvalue weighted by Crippen LogP contribution is 1.85. The fourth-order valence-corrected chi connectivity index (χ4v) is 0.636. The van der Waals surface area contributed by atoms with Crippen LogP contribution in [-0.4, -0.2) is 22.5 Å². The molecule has 0 aromatic heterocycles. The van der Waals surface area contributed by atoms with E-state index >= 15 is 0 Å². The van der Waals surface area contributed by atoms with Gasteiger partial charge in [-0.05, 0) is 13.0 Å². The average Bonchev–Trinajstić information content (AvgIpc) is 1.59. The van der Waals surface area contributed by atoms with Gasteiger partial charge in [0, 0.05) is 28.4 Å². The smallest absolute Gasteiger partial charge is 0.154 e. The summed E-state index contributed by atoms with van der Waals surface area (Å²) in [6.45, 7) is 1.42. The van der Waals surface area contributed by atoms with Crippen LogP contribution in [0.3, 0.4) is 0 Å². The summed E-state index contributed by atoms with van der Waals surface area (Å²) >= 11 is 0. The van der Waals surface area contributed by atoms with Crippen LogP contribution in [0.15, 0.2) is 16.6 Å². The van der Waals surface area contributed by atoms with Gasteiger partial charge in [0.05, 0.1) is 0 Å². The maximum atomic E-state index is 10.8. The summed E-state index contributed by atoms with van der Waals surface area (Å²) in [6, 6.07) is 0. The number of hydrogen-bond acceptors (Lipinski definition) is 3. The van der Waals surface area contributed by atoms with Gasteiger partial charge in [0.2, 0.25) is 0 Å². The van der Waals surface area contributed by atoms with Gasteiger partial charge in [-0.2, -0.15) is 0 Å². The van der Waals surface area contributed by atoms with E-state index in [0.717, 1.165) is 0 Å². The SMILES string of the molecule is CC(=O)/C=C\N=S(C)(C)=O. The van der Waals surface area contributed by atoms with E-state index in [1.807, 2.05) is 0 Å². The first-order valence-electron chi connectivity index (χ1n) is 2.75. The van der Waals surface area contributed by atoms with Gasteiger partial charge in [0.15, 0.2) is 5.78 Å². The lowest BCUT2D eigenvalue weighted by molar-refractivity contribution is -0.112. The van der Waals surface area contributed by atoms with Gasteiger partial charge in [-0.1, -0.05) is 0 Å². The van der Waals surface area contributed by atoms with Crippen LogP contribution in [0.5, 0.6) is 0 Å². The minimum atomic E-state index is -2.08. The maximum Gasteiger partial charge on any atom is 0.154 e. The van der Waals surface area contributed by atoms with Gasteiger partial charge >= 0.3 is 0 Å². The first-order valence-corrected chi connectivity index (χ1v) is 5.08. The van der Waals surface area contributed by atoms with E-state index in [0.29, 0.717) is 0 Å². The van der Waals surface area contributed by atoms with Crippen molar-refractivity contribution >= 4 is 15.5 Å². The second kappa shape index (κ2) is 3.51. The van der Waals surface area contributed by atoms with Gasteiger partial charge in [0.25, 0.3) is 0 Å². The zero-order valence-electron chi connectivity index (χ0n) is 6.33. The molecule has 0 N–H and O–H groups in total. The second-order valence-electron chi connectivity index (χ2n) is 2.21. The molecule has 0 aliphatic carbocycles. The van der Waals surface area contributed by atoms with Crippen LogP contribution in [0.2, 0.25) is 0 Å². The van der Waals surface area contributed by atoms with Crippen molar-refractivity contribution in [2.45, 2.75) is 6.92 Å². The molecule has 0 radical (unpaired) electrons. The number of carbonyl (C=O) groups is 1. The molecule has 0 saturated carbocycles. The van der Waals surface area contributed by atoms with Crippen molar-refractivity contribution in [2.75, 3.05) is 12.5 Å². The molecular formula is C6H11NO2S. The molecule has 0 aliphatic heterocycles. The average molecular weight is 161 g/mol. The molecule has 0 spiro atoms. The molecule has 0 aromatic carbocycles. The Bertz CT molecular complexity index is 251. The molecule has 58 valence electrons. The van der Waals surface area contributed by atoms with Crippen molar-refractivity contribution in [3.8, 4) is 0 Å². The monoisotopic (exact) mass is 161 g/mol. The number of rotatable bonds is 2. The highest BCUT2D eigenvalue weighted by molar-refractivity contribution is 7.92. The molecule has 0 aliphatic rings. The standard InChI is InChI=1S/C6H11NO2S/c1-6(8)4-5-7-10(2,3)9/h4-5H,1-3H3/b5-4-. The molecule has 0 saturated heterocycles. The number of carbonyl (C=O) groups excluding carboxylic acids is 1.